The smallest absolute Gasteiger partial charge is 0.407 e. The van der Waals surface area contributed by atoms with E-state index in [1.165, 1.54) is 18.4 Å². The van der Waals surface area contributed by atoms with Gasteiger partial charge >= 0.3 is 6.09 Å². The molecule has 30 heavy (non-hydrogen) atoms. The summed E-state index contributed by atoms with van der Waals surface area (Å²) >= 11 is 0. The minimum atomic E-state index is -0.826. The highest BCUT2D eigenvalue weighted by atomic mass is 16.4. The molecular formula is C24H34N4O2. The molecule has 2 aliphatic heterocycles. The Hall–Kier alpha value is -2.37. The molecule has 2 atom stereocenters. The van der Waals surface area contributed by atoms with Gasteiger partial charge in [-0.2, -0.15) is 0 Å². The third-order valence-electron chi connectivity index (χ3n) is 7.06. The van der Waals surface area contributed by atoms with E-state index in [2.05, 4.69) is 54.7 Å². The Kier molecular flexibility index (Phi) is 5.60. The van der Waals surface area contributed by atoms with E-state index in [4.69, 9.17) is 5.10 Å². The van der Waals surface area contributed by atoms with E-state index in [1.54, 1.807) is 4.90 Å². The number of aromatic nitrogens is 3. The van der Waals surface area contributed by atoms with Gasteiger partial charge < -0.3 is 14.6 Å². The van der Waals surface area contributed by atoms with E-state index in [1.807, 2.05) is 6.07 Å². The van der Waals surface area contributed by atoms with Gasteiger partial charge in [0.15, 0.2) is 0 Å². The standard InChI is InChI=1S/C24H34N4O2/c1-23(2,3)19-17-24(14-16-27(19)22(29)30,18-11-7-6-8-12-18)21-26-25-20-13-9-4-5-10-15-28(20)21/h6-8,11-12,19H,4-5,9-10,13-17H2,1-3H3,(H,29,30). The Morgan fingerprint density at radius 2 is 1.80 bits per heavy atom. The number of hydrogen-bond donors (Lipinski definition) is 1. The molecule has 0 saturated carbocycles. The second-order valence-electron chi connectivity index (χ2n) is 10.0. The predicted octanol–water partition coefficient (Wildman–Crippen LogP) is 4.87. The van der Waals surface area contributed by atoms with Crippen LogP contribution >= 0.6 is 0 Å². The van der Waals surface area contributed by atoms with Crippen LogP contribution in [0.25, 0.3) is 0 Å². The van der Waals surface area contributed by atoms with Crippen molar-refractivity contribution in [2.75, 3.05) is 6.54 Å². The van der Waals surface area contributed by atoms with Crippen LogP contribution < -0.4 is 0 Å². The second kappa shape index (κ2) is 8.05. The second-order valence-corrected chi connectivity index (χ2v) is 10.0. The molecule has 3 heterocycles. The van der Waals surface area contributed by atoms with E-state index in [0.29, 0.717) is 6.54 Å². The SMILES string of the molecule is CC(C)(C)C1CC(c2ccccc2)(c2nnc3n2CCCCCC3)CCN1C(=O)O. The third-order valence-corrected chi connectivity index (χ3v) is 7.06. The van der Waals surface area contributed by atoms with Gasteiger partial charge in [0.2, 0.25) is 0 Å². The van der Waals surface area contributed by atoms with Gasteiger partial charge in [-0.25, -0.2) is 4.79 Å². The maximum atomic E-state index is 12.1. The van der Waals surface area contributed by atoms with Gasteiger partial charge in [0.1, 0.15) is 11.6 Å². The van der Waals surface area contributed by atoms with Crippen LogP contribution in [0, 0.1) is 5.41 Å². The van der Waals surface area contributed by atoms with Crippen molar-refractivity contribution in [1.29, 1.82) is 0 Å². The lowest BCUT2D eigenvalue weighted by molar-refractivity contribution is 0.0358. The van der Waals surface area contributed by atoms with Crippen molar-refractivity contribution < 1.29 is 9.90 Å². The molecular weight excluding hydrogens is 376 g/mol. The van der Waals surface area contributed by atoms with Crippen LogP contribution in [0.4, 0.5) is 4.79 Å². The van der Waals surface area contributed by atoms with Crippen molar-refractivity contribution in [3.63, 3.8) is 0 Å². The number of aryl methyl sites for hydroxylation is 1. The van der Waals surface area contributed by atoms with Gasteiger partial charge in [0.25, 0.3) is 0 Å². The van der Waals surface area contributed by atoms with Gasteiger partial charge in [-0.05, 0) is 36.7 Å². The number of amides is 1. The monoisotopic (exact) mass is 410 g/mol. The molecule has 1 saturated heterocycles. The first-order valence-electron chi connectivity index (χ1n) is 11.3. The maximum absolute atomic E-state index is 12.1. The normalized spacial score (nSPS) is 25.3. The molecule has 1 aromatic heterocycles. The van der Waals surface area contributed by atoms with E-state index in [0.717, 1.165) is 50.3 Å². The van der Waals surface area contributed by atoms with Crippen molar-refractivity contribution in [2.24, 2.45) is 5.41 Å². The van der Waals surface area contributed by atoms with Gasteiger partial charge in [0.05, 0.1) is 5.41 Å². The Morgan fingerprint density at radius 3 is 2.50 bits per heavy atom. The van der Waals surface area contributed by atoms with Crippen LogP contribution in [0.1, 0.15) is 76.5 Å². The summed E-state index contributed by atoms with van der Waals surface area (Å²) in [4.78, 5) is 13.7. The van der Waals surface area contributed by atoms with Crippen molar-refractivity contribution >= 4 is 6.09 Å². The highest BCUT2D eigenvalue weighted by molar-refractivity contribution is 5.66. The van der Waals surface area contributed by atoms with Crippen LogP contribution in [-0.4, -0.2) is 43.5 Å². The Labute approximate surface area is 179 Å². The Morgan fingerprint density at radius 1 is 1.07 bits per heavy atom. The molecule has 2 aliphatic rings. The summed E-state index contributed by atoms with van der Waals surface area (Å²) in [6, 6.07) is 10.5. The molecule has 0 radical (unpaired) electrons. The summed E-state index contributed by atoms with van der Waals surface area (Å²) in [6.07, 6.45) is 6.41. The molecule has 2 aromatic rings. The summed E-state index contributed by atoms with van der Waals surface area (Å²) in [5.74, 6) is 2.12. The number of carboxylic acid groups (broad SMARTS) is 1. The van der Waals surface area contributed by atoms with Crippen molar-refractivity contribution in [1.82, 2.24) is 19.7 Å². The number of carbonyl (C=O) groups is 1. The zero-order chi connectivity index (χ0) is 21.4. The predicted molar refractivity (Wildman–Crippen MR) is 117 cm³/mol. The number of likely N-dealkylation sites (tertiary alicyclic amines) is 1. The molecule has 6 heteroatoms. The van der Waals surface area contributed by atoms with Crippen molar-refractivity contribution in [3.05, 3.63) is 47.5 Å². The molecule has 162 valence electrons. The summed E-state index contributed by atoms with van der Waals surface area (Å²) in [5.41, 5.74) is 0.731. The molecule has 0 spiro atoms. The van der Waals surface area contributed by atoms with Gasteiger partial charge in [0, 0.05) is 25.6 Å². The van der Waals surface area contributed by atoms with Gasteiger partial charge in [-0.1, -0.05) is 63.9 Å². The molecule has 0 bridgehead atoms. The maximum Gasteiger partial charge on any atom is 0.407 e. The van der Waals surface area contributed by atoms with Gasteiger partial charge in [-0.3, -0.25) is 0 Å². The molecule has 1 aromatic carbocycles. The fourth-order valence-electron chi connectivity index (χ4n) is 5.38. The highest BCUT2D eigenvalue weighted by Gasteiger charge is 2.50. The summed E-state index contributed by atoms with van der Waals surface area (Å²) in [7, 11) is 0. The van der Waals surface area contributed by atoms with Crippen LogP contribution in [0.15, 0.2) is 30.3 Å². The molecule has 1 amide bonds. The van der Waals surface area contributed by atoms with E-state index in [9.17, 15) is 9.90 Å². The average Bonchev–Trinajstić information content (AvgIpc) is 3.09. The zero-order valence-corrected chi connectivity index (χ0v) is 18.5. The summed E-state index contributed by atoms with van der Waals surface area (Å²) < 4.78 is 2.36. The first kappa shape index (κ1) is 20.9. The first-order chi connectivity index (χ1) is 14.3. The molecule has 4 rings (SSSR count). The number of piperidine rings is 1. The fourth-order valence-corrected chi connectivity index (χ4v) is 5.38. The lowest BCUT2D eigenvalue weighted by Gasteiger charge is -2.50. The fraction of sp³-hybridized carbons (Fsp3) is 0.625. The number of fused-ring (bicyclic) bond motifs is 1. The van der Waals surface area contributed by atoms with Crippen LogP contribution in [0.3, 0.4) is 0 Å². The molecule has 1 fully saturated rings. The van der Waals surface area contributed by atoms with Crippen molar-refractivity contribution in [3.8, 4) is 0 Å². The lowest BCUT2D eigenvalue weighted by atomic mass is 9.65. The Balaban J connectivity index is 1.85. The molecule has 2 unspecified atom stereocenters. The van der Waals surface area contributed by atoms with Crippen LogP contribution in [-0.2, 0) is 18.4 Å². The Bertz CT molecular complexity index is 886. The molecule has 0 aliphatic carbocycles. The quantitative estimate of drug-likeness (QED) is 0.767. The minimum Gasteiger partial charge on any atom is -0.465 e. The van der Waals surface area contributed by atoms with E-state index in [-0.39, 0.29) is 16.9 Å². The number of benzene rings is 1. The molecule has 6 nitrogen and oxygen atoms in total. The number of nitrogens with zero attached hydrogens (tertiary/aromatic N) is 4. The van der Waals surface area contributed by atoms with E-state index < -0.39 is 6.09 Å². The average molecular weight is 411 g/mol. The highest BCUT2D eigenvalue weighted by Crippen LogP contribution is 2.47. The summed E-state index contributed by atoms with van der Waals surface area (Å²) in [6.45, 7) is 7.89. The lowest BCUT2D eigenvalue weighted by Crippen LogP contribution is -2.56. The first-order valence-corrected chi connectivity index (χ1v) is 11.3. The largest absolute Gasteiger partial charge is 0.465 e. The van der Waals surface area contributed by atoms with Gasteiger partial charge in [-0.15, -0.1) is 10.2 Å². The third kappa shape index (κ3) is 3.72. The minimum absolute atomic E-state index is 0.0922. The number of hydrogen-bond acceptors (Lipinski definition) is 3. The molecule has 1 N–H and O–H groups in total. The zero-order valence-electron chi connectivity index (χ0n) is 18.5. The van der Waals surface area contributed by atoms with Crippen molar-refractivity contribution in [2.45, 2.75) is 83.7 Å². The summed E-state index contributed by atoms with van der Waals surface area (Å²) in [5, 5.41) is 19.3. The van der Waals surface area contributed by atoms with E-state index >= 15 is 0 Å². The van der Waals surface area contributed by atoms with Crippen LogP contribution in [0.2, 0.25) is 0 Å². The number of rotatable bonds is 2. The van der Waals surface area contributed by atoms with Crippen LogP contribution in [0.5, 0.6) is 0 Å². The topological polar surface area (TPSA) is 71.2 Å².